The van der Waals surface area contributed by atoms with Gasteiger partial charge in [0.1, 0.15) is 17.1 Å². The predicted octanol–water partition coefficient (Wildman–Crippen LogP) is 1.29. The Kier molecular flexibility index (Phi) is 3.02. The van der Waals surface area contributed by atoms with E-state index in [1.807, 2.05) is 0 Å². The number of hydrogen-bond donors (Lipinski definition) is 5. The summed E-state index contributed by atoms with van der Waals surface area (Å²) >= 11 is 0. The molecule has 1 aliphatic carbocycles. The molecule has 0 saturated carbocycles. The first-order chi connectivity index (χ1) is 11.2. The average molecular weight is 330 g/mol. The van der Waals surface area contributed by atoms with E-state index in [4.69, 9.17) is 5.11 Å². The Bertz CT molecular complexity index is 971. The molecule has 0 bridgehead atoms. The highest BCUT2D eigenvalue weighted by Gasteiger charge is 2.39. The Morgan fingerprint density at radius 3 is 2.04 bits per heavy atom. The van der Waals surface area contributed by atoms with Gasteiger partial charge in [-0.05, 0) is 18.6 Å². The van der Waals surface area contributed by atoms with Crippen LogP contribution in [0.25, 0.3) is 0 Å². The molecule has 122 valence electrons. The van der Waals surface area contributed by atoms with Crippen molar-refractivity contribution in [1.82, 2.24) is 0 Å². The lowest BCUT2D eigenvalue weighted by atomic mass is 9.80. The van der Waals surface area contributed by atoms with E-state index in [1.165, 1.54) is 6.92 Å². The zero-order valence-electron chi connectivity index (χ0n) is 12.1. The maximum Gasteiger partial charge on any atom is 0.339 e. The summed E-state index contributed by atoms with van der Waals surface area (Å²) in [5.74, 6) is -6.87. The van der Waals surface area contributed by atoms with E-state index in [0.717, 1.165) is 6.07 Å². The molecule has 0 radical (unpaired) electrons. The standard InChI is InChI=1S/C16H10O8/c1-4-2-5-9(14(21)8(4)16(23)24)15(22)11-10(12(5)19)6(17)3-7(18)13(11)20/h2-3,17-18,20-21H,1H3,(H,23,24). The van der Waals surface area contributed by atoms with Crippen LogP contribution < -0.4 is 0 Å². The van der Waals surface area contributed by atoms with Gasteiger partial charge in [-0.25, -0.2) is 4.79 Å². The number of fused-ring (bicyclic) bond motifs is 2. The minimum absolute atomic E-state index is 0.0471. The lowest BCUT2D eigenvalue weighted by Crippen LogP contribution is -2.23. The van der Waals surface area contributed by atoms with Gasteiger partial charge in [-0.3, -0.25) is 9.59 Å². The average Bonchev–Trinajstić information content (AvgIpc) is 2.47. The first kappa shape index (κ1) is 15.3. The number of carbonyl (C=O) groups is 3. The van der Waals surface area contributed by atoms with Crippen molar-refractivity contribution < 1.29 is 39.9 Å². The third-order valence-corrected chi connectivity index (χ3v) is 3.90. The third-order valence-electron chi connectivity index (χ3n) is 3.90. The molecule has 0 spiro atoms. The number of benzene rings is 2. The molecule has 8 heteroatoms. The maximum absolute atomic E-state index is 12.6. The predicted molar refractivity (Wildman–Crippen MR) is 78.1 cm³/mol. The molecule has 1 aliphatic rings. The summed E-state index contributed by atoms with van der Waals surface area (Å²) in [7, 11) is 0. The molecule has 3 rings (SSSR count). The SMILES string of the molecule is Cc1cc2c(c(O)c1C(=O)O)C(=O)c1c(O)c(O)cc(O)c1C2=O. The van der Waals surface area contributed by atoms with Crippen LogP contribution in [0, 0.1) is 6.92 Å². The van der Waals surface area contributed by atoms with Crippen LogP contribution >= 0.6 is 0 Å². The highest BCUT2D eigenvalue weighted by Crippen LogP contribution is 2.45. The lowest BCUT2D eigenvalue weighted by molar-refractivity contribution is 0.0692. The summed E-state index contributed by atoms with van der Waals surface area (Å²) in [6.07, 6.45) is 0. The van der Waals surface area contributed by atoms with Crippen LogP contribution in [0.1, 0.15) is 47.8 Å². The van der Waals surface area contributed by atoms with Crippen molar-refractivity contribution >= 4 is 17.5 Å². The van der Waals surface area contributed by atoms with Crippen molar-refractivity contribution in [3.05, 3.63) is 45.5 Å². The molecule has 0 aromatic heterocycles. The number of phenolic OH excluding ortho intramolecular Hbond substituents is 3. The zero-order chi connectivity index (χ0) is 17.9. The van der Waals surface area contributed by atoms with Crippen LogP contribution in [-0.4, -0.2) is 43.1 Å². The van der Waals surface area contributed by atoms with Crippen molar-refractivity contribution in [3.63, 3.8) is 0 Å². The van der Waals surface area contributed by atoms with E-state index in [-0.39, 0.29) is 11.1 Å². The first-order valence-corrected chi connectivity index (χ1v) is 6.64. The minimum atomic E-state index is -1.50. The zero-order valence-corrected chi connectivity index (χ0v) is 12.1. The molecule has 0 atom stereocenters. The number of rotatable bonds is 1. The topological polar surface area (TPSA) is 152 Å². The fraction of sp³-hybridized carbons (Fsp3) is 0.0625. The molecule has 0 heterocycles. The summed E-state index contributed by atoms with van der Waals surface area (Å²) in [5, 5.41) is 48.6. The van der Waals surface area contributed by atoms with Crippen LogP contribution in [-0.2, 0) is 0 Å². The normalized spacial score (nSPS) is 12.7. The largest absolute Gasteiger partial charge is 0.507 e. The van der Waals surface area contributed by atoms with E-state index >= 15 is 0 Å². The molecule has 2 aromatic carbocycles. The van der Waals surface area contributed by atoms with Gasteiger partial charge in [0, 0.05) is 11.6 Å². The van der Waals surface area contributed by atoms with Gasteiger partial charge in [-0.1, -0.05) is 0 Å². The number of aromatic carboxylic acids is 1. The molecule has 0 saturated heterocycles. The van der Waals surface area contributed by atoms with Gasteiger partial charge in [0.2, 0.25) is 5.78 Å². The fourth-order valence-electron chi connectivity index (χ4n) is 2.83. The van der Waals surface area contributed by atoms with Crippen molar-refractivity contribution in [3.8, 4) is 23.0 Å². The highest BCUT2D eigenvalue weighted by atomic mass is 16.4. The second-order valence-corrected chi connectivity index (χ2v) is 5.32. The summed E-state index contributed by atoms with van der Waals surface area (Å²) < 4.78 is 0. The number of ketones is 2. The Morgan fingerprint density at radius 1 is 0.833 bits per heavy atom. The third kappa shape index (κ3) is 1.76. The van der Waals surface area contributed by atoms with Gasteiger partial charge < -0.3 is 25.5 Å². The molecular formula is C16H10O8. The van der Waals surface area contributed by atoms with E-state index in [9.17, 15) is 34.8 Å². The van der Waals surface area contributed by atoms with Crippen LogP contribution in [0.5, 0.6) is 23.0 Å². The van der Waals surface area contributed by atoms with E-state index in [1.54, 1.807) is 0 Å². The van der Waals surface area contributed by atoms with Crippen molar-refractivity contribution in [2.45, 2.75) is 6.92 Å². The van der Waals surface area contributed by atoms with Crippen LogP contribution in [0.4, 0.5) is 0 Å². The molecule has 24 heavy (non-hydrogen) atoms. The summed E-state index contributed by atoms with van der Waals surface area (Å²) in [6.45, 7) is 1.34. The summed E-state index contributed by atoms with van der Waals surface area (Å²) in [4.78, 5) is 36.4. The molecule has 8 nitrogen and oxygen atoms in total. The van der Waals surface area contributed by atoms with Gasteiger partial charge in [0.25, 0.3) is 0 Å². The molecule has 0 amide bonds. The first-order valence-electron chi connectivity index (χ1n) is 6.64. The highest BCUT2D eigenvalue weighted by molar-refractivity contribution is 6.32. The summed E-state index contributed by atoms with van der Waals surface area (Å²) in [6, 6.07) is 1.83. The monoisotopic (exact) mass is 330 g/mol. The Morgan fingerprint density at radius 2 is 1.46 bits per heavy atom. The van der Waals surface area contributed by atoms with Crippen LogP contribution in [0.15, 0.2) is 12.1 Å². The maximum atomic E-state index is 12.6. The van der Waals surface area contributed by atoms with Gasteiger partial charge in [-0.2, -0.15) is 0 Å². The molecular weight excluding hydrogens is 320 g/mol. The number of carboxylic acid groups (broad SMARTS) is 1. The van der Waals surface area contributed by atoms with Gasteiger partial charge >= 0.3 is 5.97 Å². The van der Waals surface area contributed by atoms with E-state index < -0.39 is 62.8 Å². The van der Waals surface area contributed by atoms with Gasteiger partial charge in [-0.15, -0.1) is 0 Å². The smallest absolute Gasteiger partial charge is 0.339 e. The Hall–Kier alpha value is -3.55. The Balaban J connectivity index is 2.45. The number of aryl methyl sites for hydroxylation is 1. The molecule has 0 aliphatic heterocycles. The van der Waals surface area contributed by atoms with Crippen molar-refractivity contribution in [2.24, 2.45) is 0 Å². The second kappa shape index (κ2) is 4.72. The molecule has 5 N–H and O–H groups in total. The number of phenols is 4. The molecule has 0 fully saturated rings. The van der Waals surface area contributed by atoms with Gasteiger partial charge in [0.05, 0.1) is 16.7 Å². The number of carbonyl (C=O) groups excluding carboxylic acids is 2. The van der Waals surface area contributed by atoms with E-state index in [2.05, 4.69) is 0 Å². The van der Waals surface area contributed by atoms with E-state index in [0.29, 0.717) is 6.07 Å². The fourth-order valence-corrected chi connectivity index (χ4v) is 2.83. The Labute approximate surface area is 133 Å². The second-order valence-electron chi connectivity index (χ2n) is 5.32. The minimum Gasteiger partial charge on any atom is -0.507 e. The van der Waals surface area contributed by atoms with Crippen molar-refractivity contribution in [1.29, 1.82) is 0 Å². The van der Waals surface area contributed by atoms with Crippen LogP contribution in [0.2, 0.25) is 0 Å². The summed E-state index contributed by atoms with van der Waals surface area (Å²) in [5.41, 5.74) is -2.62. The number of carboxylic acids is 1. The van der Waals surface area contributed by atoms with Crippen molar-refractivity contribution in [2.75, 3.05) is 0 Å². The molecule has 2 aromatic rings. The van der Waals surface area contributed by atoms with Crippen LogP contribution in [0.3, 0.4) is 0 Å². The molecule has 0 unspecified atom stereocenters. The number of aromatic hydroxyl groups is 4. The lowest BCUT2D eigenvalue weighted by Gasteiger charge is -2.22. The quantitative estimate of drug-likeness (QED) is 0.330. The number of hydrogen-bond acceptors (Lipinski definition) is 7. The van der Waals surface area contributed by atoms with Gasteiger partial charge in [0.15, 0.2) is 17.3 Å².